The molecule has 4 heteroatoms. The molecule has 2 unspecified atom stereocenters. The molecule has 1 heterocycles. The summed E-state index contributed by atoms with van der Waals surface area (Å²) in [6.07, 6.45) is 6.37. The van der Waals surface area contributed by atoms with E-state index in [2.05, 4.69) is 5.16 Å². The summed E-state index contributed by atoms with van der Waals surface area (Å²) in [5, 5.41) is 12.3. The minimum atomic E-state index is -0.930. The summed E-state index contributed by atoms with van der Waals surface area (Å²) in [7, 11) is 0. The van der Waals surface area contributed by atoms with Crippen molar-refractivity contribution >= 4 is 12.2 Å². The van der Waals surface area contributed by atoms with Gasteiger partial charge < -0.3 is 9.94 Å². The molecule has 2 rings (SSSR count). The number of carbonyl (C=O) groups is 1. The van der Waals surface area contributed by atoms with Crippen LogP contribution in [-0.4, -0.2) is 23.4 Å². The summed E-state index contributed by atoms with van der Waals surface area (Å²) in [6.45, 7) is 0. The van der Waals surface area contributed by atoms with Crippen LogP contribution in [0.25, 0.3) is 0 Å². The van der Waals surface area contributed by atoms with E-state index in [0.717, 1.165) is 0 Å². The molecule has 1 aliphatic carbocycles. The number of nitrogens with zero attached hydrogens (tertiary/aromatic N) is 1. The Morgan fingerprint density at radius 1 is 1.67 bits per heavy atom. The molecule has 2 aliphatic rings. The first-order chi connectivity index (χ1) is 5.77. The van der Waals surface area contributed by atoms with Crippen LogP contribution in [0.15, 0.2) is 29.0 Å². The number of oxime groups is 1. The van der Waals surface area contributed by atoms with Gasteiger partial charge in [0.2, 0.25) is 0 Å². The minimum absolute atomic E-state index is 0.105. The average molecular weight is 165 g/mol. The first-order valence-electron chi connectivity index (χ1n) is 3.60. The van der Waals surface area contributed by atoms with Crippen molar-refractivity contribution in [3.8, 4) is 0 Å². The van der Waals surface area contributed by atoms with E-state index in [4.69, 9.17) is 9.94 Å². The van der Waals surface area contributed by atoms with E-state index in [-0.39, 0.29) is 17.6 Å². The second kappa shape index (κ2) is 2.48. The second-order valence-corrected chi connectivity index (χ2v) is 2.69. The van der Waals surface area contributed by atoms with Crippen LogP contribution in [0.4, 0.5) is 0 Å². The maximum atomic E-state index is 10.5. The number of fused-ring (bicyclic) bond motifs is 1. The Bertz CT molecular complexity index is 303. The zero-order chi connectivity index (χ0) is 8.55. The molecule has 0 radical (unpaired) electrons. The third kappa shape index (κ3) is 1.01. The molecule has 0 aromatic rings. The minimum Gasteiger partial charge on any atom is -0.478 e. The van der Waals surface area contributed by atoms with Crippen molar-refractivity contribution in [3.63, 3.8) is 0 Å². The molecule has 12 heavy (non-hydrogen) atoms. The van der Waals surface area contributed by atoms with Crippen LogP contribution in [0.3, 0.4) is 0 Å². The topological polar surface area (TPSA) is 58.9 Å². The van der Waals surface area contributed by atoms with E-state index in [1.54, 1.807) is 24.4 Å². The fraction of sp³-hybridized carbons (Fsp3) is 0.250. The predicted molar refractivity (Wildman–Crippen MR) is 41.7 cm³/mol. The number of carboxylic acids is 1. The molecule has 0 saturated heterocycles. The second-order valence-electron chi connectivity index (χ2n) is 2.69. The van der Waals surface area contributed by atoms with Gasteiger partial charge in [0.1, 0.15) is 0 Å². The summed E-state index contributed by atoms with van der Waals surface area (Å²) in [5.74, 6) is -0.826. The van der Waals surface area contributed by atoms with Crippen LogP contribution in [0, 0.1) is 5.92 Å². The summed E-state index contributed by atoms with van der Waals surface area (Å²) in [5.41, 5.74) is 0.266. The molecule has 1 aliphatic heterocycles. The van der Waals surface area contributed by atoms with Crippen LogP contribution in [0.1, 0.15) is 0 Å². The molecule has 2 atom stereocenters. The van der Waals surface area contributed by atoms with Crippen LogP contribution >= 0.6 is 0 Å². The van der Waals surface area contributed by atoms with Gasteiger partial charge in [-0.1, -0.05) is 17.3 Å². The molecule has 62 valence electrons. The van der Waals surface area contributed by atoms with Crippen molar-refractivity contribution < 1.29 is 14.7 Å². The van der Waals surface area contributed by atoms with E-state index in [1.807, 2.05) is 0 Å². The maximum Gasteiger partial charge on any atom is 0.335 e. The Balaban J connectivity index is 2.23. The molecule has 4 nitrogen and oxygen atoms in total. The third-order valence-corrected chi connectivity index (χ3v) is 1.88. The highest BCUT2D eigenvalue weighted by Gasteiger charge is 2.26. The lowest BCUT2D eigenvalue weighted by molar-refractivity contribution is -0.132. The monoisotopic (exact) mass is 165 g/mol. The van der Waals surface area contributed by atoms with Gasteiger partial charge in [-0.25, -0.2) is 4.79 Å². The summed E-state index contributed by atoms with van der Waals surface area (Å²) in [4.78, 5) is 15.4. The first kappa shape index (κ1) is 7.09. The molecule has 0 aromatic heterocycles. The van der Waals surface area contributed by atoms with E-state index >= 15 is 0 Å². The molecule has 0 aromatic carbocycles. The third-order valence-electron chi connectivity index (χ3n) is 1.88. The first-order valence-corrected chi connectivity index (χ1v) is 3.60. The van der Waals surface area contributed by atoms with Gasteiger partial charge in [0.05, 0.1) is 17.7 Å². The summed E-state index contributed by atoms with van der Waals surface area (Å²) in [6, 6.07) is 0. The smallest absolute Gasteiger partial charge is 0.335 e. The van der Waals surface area contributed by atoms with Crippen molar-refractivity contribution in [1.82, 2.24) is 0 Å². The van der Waals surface area contributed by atoms with Gasteiger partial charge in [-0.05, 0) is 6.08 Å². The number of carboxylic acid groups (broad SMARTS) is 1. The van der Waals surface area contributed by atoms with Crippen LogP contribution in [-0.2, 0) is 9.63 Å². The zero-order valence-electron chi connectivity index (χ0n) is 6.18. The molecular formula is C8H7NO3. The Labute approximate surface area is 68.8 Å². The van der Waals surface area contributed by atoms with Crippen LogP contribution < -0.4 is 0 Å². The van der Waals surface area contributed by atoms with Gasteiger partial charge in [0, 0.05) is 0 Å². The normalized spacial score (nSPS) is 30.8. The lowest BCUT2D eigenvalue weighted by Crippen LogP contribution is -2.19. The Hall–Kier alpha value is -1.58. The predicted octanol–water partition coefficient (Wildman–Crippen LogP) is 0.568. The highest BCUT2D eigenvalue weighted by molar-refractivity contribution is 5.91. The fourth-order valence-corrected chi connectivity index (χ4v) is 1.22. The van der Waals surface area contributed by atoms with Crippen molar-refractivity contribution in [2.45, 2.75) is 6.10 Å². The quantitative estimate of drug-likeness (QED) is 0.617. The van der Waals surface area contributed by atoms with Crippen molar-refractivity contribution in [1.29, 1.82) is 0 Å². The zero-order valence-corrected chi connectivity index (χ0v) is 6.18. The lowest BCUT2D eigenvalue weighted by Gasteiger charge is -2.13. The van der Waals surface area contributed by atoms with E-state index in [0.29, 0.717) is 0 Å². The molecule has 0 saturated carbocycles. The Kier molecular flexibility index (Phi) is 1.46. The van der Waals surface area contributed by atoms with Gasteiger partial charge in [0.25, 0.3) is 0 Å². The SMILES string of the molecule is O=C(O)C1=CC2ON=CC2C=C1. The summed E-state index contributed by atoms with van der Waals surface area (Å²) < 4.78 is 0. The van der Waals surface area contributed by atoms with Gasteiger partial charge >= 0.3 is 5.97 Å². The molecule has 1 N–H and O–H groups in total. The lowest BCUT2D eigenvalue weighted by atomic mass is 9.95. The largest absolute Gasteiger partial charge is 0.478 e. The number of hydrogen-bond acceptors (Lipinski definition) is 3. The standard InChI is InChI=1S/C8H7NO3/c10-8(11)5-1-2-6-4-9-12-7(6)3-5/h1-4,6-7H,(H,10,11). The average Bonchev–Trinajstić information content (AvgIpc) is 2.49. The van der Waals surface area contributed by atoms with E-state index in [1.165, 1.54) is 0 Å². The fourth-order valence-electron chi connectivity index (χ4n) is 1.22. The van der Waals surface area contributed by atoms with E-state index in [9.17, 15) is 4.79 Å². The van der Waals surface area contributed by atoms with Gasteiger partial charge in [0.15, 0.2) is 6.10 Å². The molecule has 0 amide bonds. The van der Waals surface area contributed by atoms with E-state index < -0.39 is 5.97 Å². The van der Waals surface area contributed by atoms with Gasteiger partial charge in [-0.3, -0.25) is 0 Å². The van der Waals surface area contributed by atoms with Gasteiger partial charge in [-0.15, -0.1) is 0 Å². The summed E-state index contributed by atoms with van der Waals surface area (Å²) >= 11 is 0. The van der Waals surface area contributed by atoms with Crippen molar-refractivity contribution in [2.24, 2.45) is 11.1 Å². The van der Waals surface area contributed by atoms with Gasteiger partial charge in [-0.2, -0.15) is 0 Å². The Morgan fingerprint density at radius 3 is 3.25 bits per heavy atom. The highest BCUT2D eigenvalue weighted by atomic mass is 16.6. The van der Waals surface area contributed by atoms with Crippen LogP contribution in [0.5, 0.6) is 0 Å². The molecule has 0 fully saturated rings. The maximum absolute atomic E-state index is 10.5. The van der Waals surface area contributed by atoms with Crippen molar-refractivity contribution in [2.75, 3.05) is 0 Å². The number of aliphatic carboxylic acids is 1. The van der Waals surface area contributed by atoms with Crippen molar-refractivity contribution in [3.05, 3.63) is 23.8 Å². The highest BCUT2D eigenvalue weighted by Crippen LogP contribution is 2.22. The van der Waals surface area contributed by atoms with Crippen LogP contribution in [0.2, 0.25) is 0 Å². The Morgan fingerprint density at radius 2 is 2.50 bits per heavy atom. The number of rotatable bonds is 1. The molecule has 0 spiro atoms. The molecule has 0 bridgehead atoms. The molecular weight excluding hydrogens is 158 g/mol. The number of hydrogen-bond donors (Lipinski definition) is 1.